The zero-order chi connectivity index (χ0) is 6.65. The van der Waals surface area contributed by atoms with E-state index in [-0.39, 0.29) is 13.3 Å². The van der Waals surface area contributed by atoms with Crippen LogP contribution in [0.15, 0.2) is 11.3 Å². The second-order valence-electron chi connectivity index (χ2n) is 3.05. The topological polar surface area (TPSA) is 12.5 Å². The molecule has 2 heterocycles. The molecule has 50 valence electrons. The van der Waals surface area contributed by atoms with Gasteiger partial charge in [0.1, 0.15) is 5.76 Å². The summed E-state index contributed by atoms with van der Waals surface area (Å²) in [5, 5.41) is 0.236. The number of hydrogen-bond donors (Lipinski definition) is 0. The molecule has 2 aliphatic rings. The lowest BCUT2D eigenvalue weighted by Gasteiger charge is -2.09. The van der Waals surface area contributed by atoms with Crippen molar-refractivity contribution in [3.05, 3.63) is 11.3 Å². The maximum Gasteiger partial charge on any atom is 0.180 e. The fourth-order valence-corrected chi connectivity index (χ4v) is 3.43. The Labute approximate surface area is 56.8 Å². The molecule has 1 fully saturated rings. The van der Waals surface area contributed by atoms with Gasteiger partial charge in [0, 0.05) is 0 Å². The van der Waals surface area contributed by atoms with Gasteiger partial charge in [-0.2, -0.15) is 0 Å². The summed E-state index contributed by atoms with van der Waals surface area (Å²) >= 11 is 0. The van der Waals surface area contributed by atoms with Gasteiger partial charge in [-0.25, -0.2) is 0 Å². The molecule has 0 bridgehead atoms. The Morgan fingerprint density at radius 3 is 2.44 bits per heavy atom. The van der Waals surface area contributed by atoms with Crippen LogP contribution >= 0.6 is 7.92 Å². The number of epoxide rings is 1. The zero-order valence-electron chi connectivity index (χ0n) is 6.06. The zero-order valence-corrected chi connectivity index (χ0v) is 6.96. The van der Waals surface area contributed by atoms with Gasteiger partial charge in [-0.1, -0.05) is 7.92 Å². The van der Waals surface area contributed by atoms with Crippen LogP contribution in [-0.4, -0.2) is 18.2 Å². The summed E-state index contributed by atoms with van der Waals surface area (Å²) in [6, 6.07) is 0. The summed E-state index contributed by atoms with van der Waals surface area (Å²) < 4.78 is 5.47. The van der Waals surface area contributed by atoms with Crippen molar-refractivity contribution in [2.45, 2.75) is 19.2 Å². The molecule has 1 nitrogen and oxygen atoms in total. The molecule has 0 radical (unpaired) electrons. The Morgan fingerprint density at radius 1 is 1.67 bits per heavy atom. The average Bonchev–Trinajstić information content (AvgIpc) is 2.38. The van der Waals surface area contributed by atoms with E-state index in [1.165, 1.54) is 17.5 Å². The maximum absolute atomic E-state index is 5.47. The maximum atomic E-state index is 5.47. The Bertz CT molecular complexity index is 197. The molecule has 2 unspecified atom stereocenters. The highest BCUT2D eigenvalue weighted by Gasteiger charge is 2.57. The van der Waals surface area contributed by atoms with Gasteiger partial charge < -0.3 is 4.74 Å². The van der Waals surface area contributed by atoms with E-state index in [2.05, 4.69) is 20.5 Å². The van der Waals surface area contributed by atoms with E-state index in [0.29, 0.717) is 0 Å². The Balaban J connectivity index is 2.37. The van der Waals surface area contributed by atoms with E-state index in [1.807, 2.05) is 0 Å². The van der Waals surface area contributed by atoms with Crippen molar-refractivity contribution in [3.63, 3.8) is 0 Å². The molecule has 0 aromatic heterocycles. The van der Waals surface area contributed by atoms with Gasteiger partial charge in [-0.05, 0) is 32.2 Å². The average molecular weight is 142 g/mol. The summed E-state index contributed by atoms with van der Waals surface area (Å²) in [6.07, 6.45) is 1.31. The Morgan fingerprint density at radius 2 is 2.33 bits per heavy atom. The van der Waals surface area contributed by atoms with Gasteiger partial charge in [0.15, 0.2) is 5.34 Å². The van der Waals surface area contributed by atoms with Gasteiger partial charge in [-0.15, -0.1) is 0 Å². The number of hydrogen-bond acceptors (Lipinski definition) is 1. The van der Waals surface area contributed by atoms with Gasteiger partial charge in [0.25, 0.3) is 0 Å². The second kappa shape index (κ2) is 1.34. The van der Waals surface area contributed by atoms with E-state index in [4.69, 9.17) is 4.74 Å². The highest BCUT2D eigenvalue weighted by molar-refractivity contribution is 7.59. The van der Waals surface area contributed by atoms with Crippen molar-refractivity contribution in [3.8, 4) is 0 Å². The predicted octanol–water partition coefficient (Wildman–Crippen LogP) is 2.13. The van der Waals surface area contributed by atoms with Crippen molar-refractivity contribution in [1.29, 1.82) is 0 Å². The molecule has 2 atom stereocenters. The lowest BCUT2D eigenvalue weighted by Crippen LogP contribution is -1.96. The van der Waals surface area contributed by atoms with Crippen molar-refractivity contribution >= 4 is 7.92 Å². The van der Waals surface area contributed by atoms with Crippen molar-refractivity contribution in [2.24, 2.45) is 0 Å². The lowest BCUT2D eigenvalue weighted by atomic mass is 10.3. The molecular formula is C7H11OP. The van der Waals surface area contributed by atoms with Crippen LogP contribution in [0.2, 0.25) is 0 Å². The number of fused-ring (bicyclic) bond motifs is 1. The van der Waals surface area contributed by atoms with Crippen LogP contribution in [0.1, 0.15) is 13.8 Å². The Kier molecular flexibility index (Phi) is 0.856. The Hall–Kier alpha value is -0.0300. The molecule has 1 saturated heterocycles. The summed E-state index contributed by atoms with van der Waals surface area (Å²) in [5.74, 6) is 1.30. The van der Waals surface area contributed by atoms with Gasteiger partial charge >= 0.3 is 0 Å². The molecule has 0 spiro atoms. The molecule has 0 amide bonds. The standard InChI is InChI=1S/C7H11OP/c1-5-4-9(3)7(2)6(5)8-7/h4H2,1-3H3. The SMILES string of the molecule is CC1=C2OC2(C)P(C)C1. The highest BCUT2D eigenvalue weighted by Crippen LogP contribution is 2.69. The number of ether oxygens (including phenoxy) is 1. The fourth-order valence-electron chi connectivity index (χ4n) is 1.49. The van der Waals surface area contributed by atoms with Gasteiger partial charge in [-0.3, -0.25) is 0 Å². The molecule has 0 aliphatic carbocycles. The number of allylic oxidation sites excluding steroid dienone is 1. The predicted molar refractivity (Wildman–Crippen MR) is 39.9 cm³/mol. The normalized spacial score (nSPS) is 46.8. The molecule has 0 aromatic carbocycles. The van der Waals surface area contributed by atoms with E-state index < -0.39 is 0 Å². The molecule has 0 saturated carbocycles. The van der Waals surface area contributed by atoms with Crippen LogP contribution in [0.5, 0.6) is 0 Å². The van der Waals surface area contributed by atoms with E-state index in [9.17, 15) is 0 Å². The highest BCUT2D eigenvalue weighted by atomic mass is 31.1. The smallest absolute Gasteiger partial charge is 0.180 e. The van der Waals surface area contributed by atoms with E-state index >= 15 is 0 Å². The van der Waals surface area contributed by atoms with Crippen molar-refractivity contribution in [2.75, 3.05) is 12.8 Å². The van der Waals surface area contributed by atoms with Crippen LogP contribution in [0.4, 0.5) is 0 Å². The van der Waals surface area contributed by atoms with Crippen LogP contribution in [0.3, 0.4) is 0 Å². The molecule has 0 aromatic rings. The molecule has 2 aliphatic heterocycles. The molecular weight excluding hydrogens is 131 g/mol. The monoisotopic (exact) mass is 142 g/mol. The first-order valence-corrected chi connectivity index (χ1v) is 5.22. The van der Waals surface area contributed by atoms with Gasteiger partial charge in [0.2, 0.25) is 0 Å². The lowest BCUT2D eigenvalue weighted by molar-refractivity contribution is 0.410. The summed E-state index contributed by atoms with van der Waals surface area (Å²) in [4.78, 5) is 0. The molecule has 2 rings (SSSR count). The second-order valence-corrected chi connectivity index (χ2v) is 5.62. The quantitative estimate of drug-likeness (QED) is 0.373. The van der Waals surface area contributed by atoms with Crippen molar-refractivity contribution < 1.29 is 4.74 Å². The summed E-state index contributed by atoms with van der Waals surface area (Å²) in [5.41, 5.74) is 1.49. The molecule has 2 heteroatoms. The molecule has 0 N–H and O–H groups in total. The van der Waals surface area contributed by atoms with E-state index in [0.717, 1.165) is 0 Å². The van der Waals surface area contributed by atoms with Crippen LogP contribution in [0.25, 0.3) is 0 Å². The van der Waals surface area contributed by atoms with E-state index in [1.54, 1.807) is 0 Å². The fraction of sp³-hybridized carbons (Fsp3) is 0.714. The molecule has 9 heavy (non-hydrogen) atoms. The third-order valence-corrected chi connectivity index (χ3v) is 4.97. The minimum absolute atomic E-state index is 0.130. The van der Waals surface area contributed by atoms with Gasteiger partial charge in [0.05, 0.1) is 0 Å². The minimum Gasteiger partial charge on any atom is -0.475 e. The largest absolute Gasteiger partial charge is 0.475 e. The van der Waals surface area contributed by atoms with Crippen LogP contribution in [-0.2, 0) is 4.74 Å². The summed E-state index contributed by atoms with van der Waals surface area (Å²) in [6.45, 7) is 6.72. The number of rotatable bonds is 0. The van der Waals surface area contributed by atoms with Crippen molar-refractivity contribution in [1.82, 2.24) is 0 Å². The first-order valence-electron chi connectivity index (χ1n) is 3.25. The summed E-state index contributed by atoms with van der Waals surface area (Å²) in [7, 11) is 0.130. The third kappa shape index (κ3) is 0.538. The first-order chi connectivity index (χ1) is 4.14. The van der Waals surface area contributed by atoms with Crippen LogP contribution < -0.4 is 0 Å². The third-order valence-electron chi connectivity index (χ3n) is 2.27. The first kappa shape index (κ1) is 5.73. The van der Waals surface area contributed by atoms with Crippen LogP contribution in [0, 0.1) is 0 Å². The minimum atomic E-state index is 0.130.